The summed E-state index contributed by atoms with van der Waals surface area (Å²) in [6, 6.07) is 21.2. The lowest BCUT2D eigenvalue weighted by Crippen LogP contribution is -2.38. The van der Waals surface area contributed by atoms with Gasteiger partial charge in [0.1, 0.15) is 5.75 Å². The van der Waals surface area contributed by atoms with Gasteiger partial charge in [-0.1, -0.05) is 49.1 Å². The molecule has 1 fully saturated rings. The SMILES string of the molecule is Cc1ccc(CN(c2ccc(C(=O)N/N=C\c3ccc(OCC(=O)NC4CCCCC4)cc3)cc2)S(C)(=O)=O)cc1. The fourth-order valence-electron chi connectivity index (χ4n) is 4.58. The topological polar surface area (TPSA) is 117 Å². The molecule has 0 heterocycles. The molecule has 216 valence electrons. The summed E-state index contributed by atoms with van der Waals surface area (Å²) in [6.07, 6.45) is 8.25. The molecule has 10 heteroatoms. The van der Waals surface area contributed by atoms with E-state index >= 15 is 0 Å². The number of hydrogen-bond acceptors (Lipinski definition) is 6. The number of benzene rings is 3. The van der Waals surface area contributed by atoms with Crippen LogP contribution in [0.1, 0.15) is 59.2 Å². The molecule has 0 radical (unpaired) electrons. The van der Waals surface area contributed by atoms with Gasteiger partial charge in [0, 0.05) is 11.6 Å². The maximum absolute atomic E-state index is 12.6. The van der Waals surface area contributed by atoms with Crippen LogP contribution in [0.5, 0.6) is 5.75 Å². The number of carbonyl (C=O) groups excluding carboxylic acids is 2. The molecular weight excluding hydrogens is 540 g/mol. The van der Waals surface area contributed by atoms with Crippen LogP contribution in [-0.4, -0.2) is 45.4 Å². The molecule has 0 bridgehead atoms. The van der Waals surface area contributed by atoms with Gasteiger partial charge in [-0.2, -0.15) is 5.10 Å². The second-order valence-electron chi connectivity index (χ2n) is 10.3. The van der Waals surface area contributed by atoms with Crippen LogP contribution < -0.4 is 19.8 Å². The summed E-state index contributed by atoms with van der Waals surface area (Å²) in [4.78, 5) is 24.7. The van der Waals surface area contributed by atoms with E-state index in [1.165, 1.54) is 16.9 Å². The number of hydrazone groups is 1. The molecule has 1 saturated carbocycles. The molecule has 41 heavy (non-hydrogen) atoms. The maximum Gasteiger partial charge on any atom is 0.271 e. The molecule has 0 spiro atoms. The van der Waals surface area contributed by atoms with Crippen LogP contribution in [0.25, 0.3) is 0 Å². The Morgan fingerprint density at radius 1 is 0.951 bits per heavy atom. The number of rotatable bonds is 11. The van der Waals surface area contributed by atoms with Gasteiger partial charge in [-0.15, -0.1) is 0 Å². The van der Waals surface area contributed by atoms with Gasteiger partial charge in [-0.25, -0.2) is 13.8 Å². The largest absolute Gasteiger partial charge is 0.484 e. The summed E-state index contributed by atoms with van der Waals surface area (Å²) in [6.45, 7) is 2.12. The van der Waals surface area contributed by atoms with Gasteiger partial charge in [-0.05, 0) is 79.4 Å². The Kier molecular flexibility index (Phi) is 10.1. The average molecular weight is 577 g/mol. The molecule has 0 aromatic heterocycles. The number of carbonyl (C=O) groups is 2. The Morgan fingerprint density at radius 3 is 2.24 bits per heavy atom. The van der Waals surface area contributed by atoms with E-state index in [4.69, 9.17) is 4.74 Å². The van der Waals surface area contributed by atoms with Crippen LogP contribution in [0.4, 0.5) is 5.69 Å². The third-order valence-corrected chi connectivity index (χ3v) is 8.01. The van der Waals surface area contributed by atoms with E-state index in [1.807, 2.05) is 31.2 Å². The number of anilines is 1. The standard InChI is InChI=1S/C31H36N4O5S/c1-23-8-10-25(11-9-23)21-35(41(2,38)39)28-16-14-26(15-17-28)31(37)34-32-20-24-12-18-29(19-13-24)40-22-30(36)33-27-6-4-3-5-7-27/h8-20,27H,3-7,21-22H2,1-2H3,(H,33,36)(H,34,37)/b32-20-. The molecule has 3 aromatic rings. The lowest BCUT2D eigenvalue weighted by atomic mass is 9.95. The van der Waals surface area contributed by atoms with Crippen LogP contribution in [-0.2, 0) is 21.4 Å². The van der Waals surface area contributed by atoms with Crippen molar-refractivity contribution in [2.75, 3.05) is 17.2 Å². The average Bonchev–Trinajstić information content (AvgIpc) is 2.96. The predicted octanol–water partition coefficient (Wildman–Crippen LogP) is 4.55. The van der Waals surface area contributed by atoms with Gasteiger partial charge in [-0.3, -0.25) is 13.9 Å². The number of nitrogens with zero attached hydrogens (tertiary/aromatic N) is 2. The molecule has 0 saturated heterocycles. The van der Waals surface area contributed by atoms with Crippen molar-refractivity contribution < 1.29 is 22.7 Å². The Morgan fingerprint density at radius 2 is 1.61 bits per heavy atom. The third-order valence-electron chi connectivity index (χ3n) is 6.86. The van der Waals surface area contributed by atoms with Crippen LogP contribution in [0.15, 0.2) is 77.9 Å². The number of amides is 2. The van der Waals surface area contributed by atoms with Crippen molar-refractivity contribution in [3.8, 4) is 5.75 Å². The number of hydrogen-bond donors (Lipinski definition) is 2. The quantitative estimate of drug-likeness (QED) is 0.257. The van der Waals surface area contributed by atoms with Gasteiger partial charge < -0.3 is 10.1 Å². The maximum atomic E-state index is 12.6. The zero-order chi connectivity index (χ0) is 29.2. The van der Waals surface area contributed by atoms with Crippen molar-refractivity contribution in [2.45, 2.75) is 51.6 Å². The smallest absolute Gasteiger partial charge is 0.271 e. The monoisotopic (exact) mass is 576 g/mol. The van der Waals surface area contributed by atoms with Crippen molar-refractivity contribution >= 4 is 33.7 Å². The van der Waals surface area contributed by atoms with Crippen LogP contribution in [0.2, 0.25) is 0 Å². The van der Waals surface area contributed by atoms with Crippen molar-refractivity contribution in [1.29, 1.82) is 0 Å². The summed E-state index contributed by atoms with van der Waals surface area (Å²) in [7, 11) is -3.54. The number of aryl methyl sites for hydroxylation is 1. The highest BCUT2D eigenvalue weighted by Crippen LogP contribution is 2.22. The summed E-state index contributed by atoms with van der Waals surface area (Å²) >= 11 is 0. The highest BCUT2D eigenvalue weighted by atomic mass is 32.2. The molecule has 3 aromatic carbocycles. The summed E-state index contributed by atoms with van der Waals surface area (Å²) in [5.74, 6) is 0.0188. The van der Waals surface area contributed by atoms with Gasteiger partial charge in [0.2, 0.25) is 10.0 Å². The van der Waals surface area contributed by atoms with E-state index in [-0.39, 0.29) is 25.1 Å². The second-order valence-corrected chi connectivity index (χ2v) is 12.2. The third kappa shape index (κ3) is 9.18. The molecule has 4 rings (SSSR count). The van der Waals surface area contributed by atoms with Gasteiger partial charge in [0.25, 0.3) is 11.8 Å². The highest BCUT2D eigenvalue weighted by Gasteiger charge is 2.19. The first-order valence-corrected chi connectivity index (χ1v) is 15.5. The van der Waals surface area contributed by atoms with E-state index in [1.54, 1.807) is 48.5 Å². The first kappa shape index (κ1) is 29.8. The fourth-order valence-corrected chi connectivity index (χ4v) is 5.47. The van der Waals surface area contributed by atoms with E-state index < -0.39 is 15.9 Å². The van der Waals surface area contributed by atoms with E-state index in [0.29, 0.717) is 17.0 Å². The van der Waals surface area contributed by atoms with Crippen LogP contribution in [0.3, 0.4) is 0 Å². The summed E-state index contributed by atoms with van der Waals surface area (Å²) < 4.78 is 31.8. The molecule has 9 nitrogen and oxygen atoms in total. The second kappa shape index (κ2) is 13.9. The van der Waals surface area contributed by atoms with E-state index in [0.717, 1.165) is 48.6 Å². The Hall–Kier alpha value is -4.18. The molecular formula is C31H36N4O5S. The Bertz CT molecular complexity index is 1450. The summed E-state index contributed by atoms with van der Waals surface area (Å²) in [5.41, 5.74) is 5.96. The number of nitrogens with one attached hydrogen (secondary N) is 2. The van der Waals surface area contributed by atoms with Crippen molar-refractivity contribution in [3.63, 3.8) is 0 Å². The molecule has 0 unspecified atom stereocenters. The zero-order valence-corrected chi connectivity index (χ0v) is 24.2. The van der Waals surface area contributed by atoms with Gasteiger partial charge in [0.15, 0.2) is 6.61 Å². The van der Waals surface area contributed by atoms with E-state index in [2.05, 4.69) is 15.8 Å². The lowest BCUT2D eigenvalue weighted by molar-refractivity contribution is -0.124. The minimum absolute atomic E-state index is 0.0350. The minimum atomic E-state index is -3.54. The molecule has 0 atom stereocenters. The van der Waals surface area contributed by atoms with E-state index in [9.17, 15) is 18.0 Å². The molecule has 2 amide bonds. The normalized spacial score (nSPS) is 14.0. The van der Waals surface area contributed by atoms with Crippen molar-refractivity contribution in [2.24, 2.45) is 5.10 Å². The Labute approximate surface area is 241 Å². The lowest BCUT2D eigenvalue weighted by Gasteiger charge is -2.22. The first-order chi connectivity index (χ1) is 19.7. The molecule has 1 aliphatic carbocycles. The zero-order valence-electron chi connectivity index (χ0n) is 23.4. The molecule has 0 aliphatic heterocycles. The van der Waals surface area contributed by atoms with Crippen LogP contribution >= 0.6 is 0 Å². The summed E-state index contributed by atoms with van der Waals surface area (Å²) in [5, 5.41) is 7.04. The van der Waals surface area contributed by atoms with Crippen molar-refractivity contribution in [1.82, 2.24) is 10.7 Å². The van der Waals surface area contributed by atoms with Crippen LogP contribution in [0, 0.1) is 6.92 Å². The molecule has 1 aliphatic rings. The Balaban J connectivity index is 1.27. The van der Waals surface area contributed by atoms with Gasteiger partial charge >= 0.3 is 0 Å². The fraction of sp³-hybridized carbons (Fsp3) is 0.323. The van der Waals surface area contributed by atoms with Gasteiger partial charge in [0.05, 0.1) is 24.7 Å². The highest BCUT2D eigenvalue weighted by molar-refractivity contribution is 7.92. The number of ether oxygens (including phenoxy) is 1. The first-order valence-electron chi connectivity index (χ1n) is 13.7. The van der Waals surface area contributed by atoms with Crippen molar-refractivity contribution in [3.05, 3.63) is 95.1 Å². The predicted molar refractivity (Wildman–Crippen MR) is 161 cm³/mol. The molecule has 2 N–H and O–H groups in total. The minimum Gasteiger partial charge on any atom is -0.484 e. The number of sulfonamides is 1.